The normalized spacial score (nSPS) is 14.7. The molecule has 534 valence electrons. The van der Waals surface area contributed by atoms with Crippen molar-refractivity contribution >= 4 is 91.8 Å². The molecule has 3 aromatic carbocycles. The Labute approximate surface area is 572 Å². The Morgan fingerprint density at radius 3 is 0.949 bits per heavy atom. The molecule has 10 atom stereocenters. The number of carboxylic acids is 1. The van der Waals surface area contributed by atoms with Gasteiger partial charge in [0, 0.05) is 64.1 Å². The molecule has 0 unspecified atom stereocenters. The van der Waals surface area contributed by atoms with Gasteiger partial charge in [-0.1, -0.05) is 110 Å². The van der Waals surface area contributed by atoms with E-state index in [2.05, 4.69) is 62.8 Å². The summed E-state index contributed by atoms with van der Waals surface area (Å²) < 4.78 is 0. The van der Waals surface area contributed by atoms with Crippen LogP contribution < -0.4 is 70.8 Å². The lowest BCUT2D eigenvalue weighted by atomic mass is 9.97. The molecule has 3 heterocycles. The number of carbonyl (C=O) groups excluding carboxylic acids is 9. The van der Waals surface area contributed by atoms with Gasteiger partial charge in [-0.2, -0.15) is 0 Å². The number of carbonyl (C=O) groups is 10. The number of rotatable bonds is 41. The van der Waals surface area contributed by atoms with E-state index in [1.165, 1.54) is 0 Å². The van der Waals surface area contributed by atoms with E-state index in [0.29, 0.717) is 62.7 Å². The summed E-state index contributed by atoms with van der Waals surface area (Å²) in [7, 11) is 0. The number of amides is 9. The molecule has 9 amide bonds. The molecule has 21 N–H and O–H groups in total. The number of nitrogens with two attached hydrogens (primary N) is 4. The maximum absolute atomic E-state index is 15.0. The highest BCUT2D eigenvalue weighted by atomic mass is 16.4. The molecule has 0 fully saturated rings. The third-order valence-electron chi connectivity index (χ3n) is 17.6. The second-order valence-corrected chi connectivity index (χ2v) is 26.7. The zero-order valence-electron chi connectivity index (χ0n) is 57.7. The highest BCUT2D eigenvalue weighted by Gasteiger charge is 2.38. The molecule has 98 heavy (non-hydrogen) atoms. The van der Waals surface area contributed by atoms with Gasteiger partial charge in [-0.15, -0.1) is 0 Å². The Morgan fingerprint density at radius 2 is 0.612 bits per heavy atom. The lowest BCUT2D eigenvalue weighted by Crippen LogP contribution is -2.62. The Morgan fingerprint density at radius 1 is 0.347 bits per heavy atom. The maximum Gasteiger partial charge on any atom is 0.326 e. The number of para-hydroxylation sites is 3. The fraction of sp³-hybridized carbons (Fsp3) is 0.521. The van der Waals surface area contributed by atoms with Gasteiger partial charge in [-0.25, -0.2) is 4.79 Å². The first-order valence-corrected chi connectivity index (χ1v) is 34.2. The van der Waals surface area contributed by atoms with Crippen LogP contribution in [-0.4, -0.2) is 159 Å². The van der Waals surface area contributed by atoms with Crippen molar-refractivity contribution in [3.63, 3.8) is 0 Å². The van der Waals surface area contributed by atoms with Crippen LogP contribution >= 0.6 is 0 Å². The van der Waals surface area contributed by atoms with Crippen molar-refractivity contribution in [3.05, 3.63) is 108 Å². The Hall–Kier alpha value is -9.18. The molecular formula is C71H104N16O11. The number of aromatic nitrogens is 3. The zero-order valence-corrected chi connectivity index (χ0v) is 57.7. The van der Waals surface area contributed by atoms with Crippen LogP contribution in [0.15, 0.2) is 91.4 Å². The Bertz CT molecular complexity index is 3650. The summed E-state index contributed by atoms with van der Waals surface area (Å²) >= 11 is 0. The fourth-order valence-corrected chi connectivity index (χ4v) is 11.8. The first-order chi connectivity index (χ1) is 46.8. The third kappa shape index (κ3) is 22.2. The third-order valence-corrected chi connectivity index (χ3v) is 17.6. The Kier molecular flexibility index (Phi) is 30.3. The summed E-state index contributed by atoms with van der Waals surface area (Å²) in [6, 6.07) is 9.85. The van der Waals surface area contributed by atoms with Crippen molar-refractivity contribution < 1.29 is 53.1 Å². The molecule has 0 spiro atoms. The van der Waals surface area contributed by atoms with Crippen molar-refractivity contribution in [1.82, 2.24) is 62.8 Å². The highest BCUT2D eigenvalue weighted by molar-refractivity contribution is 6.00. The standard InChI is InChI=1S/C71H104N16O11/c1-39(2)58(67(93)82-56(34-44-37-77-51-25-13-10-22-47(44)51)65(91)80-53(27-15-18-30-72)63(89)79-54(28-16-19-31-73)64(90)81-55(71(97)98)29-17-20-32-74)87-70(96)61(42(7)8)85-66(92)57(35-45-38-78-52-26-14-11-23-48(45)52)83-68(94)59(40(3)4)86-69(95)60(41(5)6)84-62(88)49(75)33-43-36-76-50-24-12-9-21-46(43)50/h9-14,21-26,36-42,49,53-61,76-78H,15-20,27-35,72-75H2,1-8H3,(H,79,89)(H,80,91)(H,81,90)(H,82,93)(H,83,94)(H,84,88)(H,85,92)(H,86,95)(H,87,96)(H,97,98)/t49-,53-,54-,55-,56-,57-,58-,59-,60-,61-/m0/s1. The summed E-state index contributed by atoms with van der Waals surface area (Å²) in [6.07, 6.45) is 8.21. The molecule has 0 saturated carbocycles. The molecule has 0 aliphatic rings. The number of fused-ring (bicyclic) bond motifs is 3. The molecule has 3 aromatic heterocycles. The number of benzene rings is 3. The average Bonchev–Trinajstić information content (AvgIpc) is 1.65. The van der Waals surface area contributed by atoms with E-state index >= 15 is 0 Å². The minimum Gasteiger partial charge on any atom is -0.480 e. The van der Waals surface area contributed by atoms with E-state index < -0.39 is 143 Å². The summed E-state index contributed by atoms with van der Waals surface area (Å²) in [4.78, 5) is 152. The van der Waals surface area contributed by atoms with E-state index in [1.807, 2.05) is 72.8 Å². The van der Waals surface area contributed by atoms with Crippen LogP contribution in [0.3, 0.4) is 0 Å². The van der Waals surface area contributed by atoms with Gasteiger partial charge in [-0.05, 0) is 142 Å². The molecular weight excluding hydrogens is 1250 g/mol. The molecule has 0 aliphatic carbocycles. The summed E-state index contributed by atoms with van der Waals surface area (Å²) in [6.45, 7) is 14.6. The van der Waals surface area contributed by atoms with E-state index in [4.69, 9.17) is 22.9 Å². The number of hydrogen-bond acceptors (Lipinski definition) is 14. The van der Waals surface area contributed by atoms with Crippen LogP contribution in [0, 0.1) is 23.7 Å². The van der Waals surface area contributed by atoms with Gasteiger partial charge in [0.1, 0.15) is 54.4 Å². The van der Waals surface area contributed by atoms with Gasteiger partial charge in [0.2, 0.25) is 53.2 Å². The summed E-state index contributed by atoms with van der Waals surface area (Å²) in [5.74, 6) is -9.98. The van der Waals surface area contributed by atoms with Crippen LogP contribution in [0.5, 0.6) is 0 Å². The van der Waals surface area contributed by atoms with Gasteiger partial charge >= 0.3 is 5.97 Å². The van der Waals surface area contributed by atoms with Crippen LogP contribution in [0.1, 0.15) is 130 Å². The number of unbranched alkanes of at least 4 members (excludes halogenated alkanes) is 3. The predicted octanol–water partition coefficient (Wildman–Crippen LogP) is 2.94. The fourth-order valence-electron chi connectivity index (χ4n) is 11.8. The number of H-pyrrole nitrogens is 3. The predicted molar refractivity (Wildman–Crippen MR) is 377 cm³/mol. The number of carboxylic acid groups (broad SMARTS) is 1. The van der Waals surface area contributed by atoms with Crippen LogP contribution in [0.25, 0.3) is 32.7 Å². The number of aliphatic carboxylic acids is 1. The SMILES string of the molecule is CC(C)[C@H](NC(=O)[C@H](Cc1c[nH]c2ccccc12)NC(=O)[C@@H](NC(=O)[C@@H](NC(=O)[C@@H](N)Cc1c[nH]c2ccccc12)C(C)C)C(C)C)C(=O)N[C@H](C(=O)N[C@@H](Cc1c[nH]c2ccccc12)C(=O)N[C@@H](CCCCN)C(=O)N[C@@H](CCCCN)C(=O)N[C@@H](CCCCN)C(=O)O)C(C)C. The van der Waals surface area contributed by atoms with Gasteiger partial charge in [0.05, 0.1) is 6.04 Å². The average molecular weight is 1360 g/mol. The monoisotopic (exact) mass is 1360 g/mol. The van der Waals surface area contributed by atoms with Crippen LogP contribution in [0.2, 0.25) is 0 Å². The Balaban J connectivity index is 1.22. The number of aromatic amines is 3. The second kappa shape index (κ2) is 38.1. The van der Waals surface area contributed by atoms with E-state index in [1.54, 1.807) is 74.0 Å². The van der Waals surface area contributed by atoms with E-state index in [-0.39, 0.29) is 45.1 Å². The van der Waals surface area contributed by atoms with Gasteiger partial charge < -0.3 is 90.8 Å². The smallest absolute Gasteiger partial charge is 0.326 e. The molecule has 0 saturated heterocycles. The first kappa shape index (κ1) is 77.8. The van der Waals surface area contributed by atoms with Gasteiger partial charge in [-0.3, -0.25) is 43.2 Å². The molecule has 0 bridgehead atoms. The van der Waals surface area contributed by atoms with Crippen LogP contribution in [-0.2, 0) is 67.2 Å². The lowest BCUT2D eigenvalue weighted by Gasteiger charge is -2.31. The molecule has 27 nitrogen and oxygen atoms in total. The number of hydrogen-bond donors (Lipinski definition) is 17. The molecule has 27 heteroatoms. The molecule has 0 aliphatic heterocycles. The summed E-state index contributed by atoms with van der Waals surface area (Å²) in [5, 5.41) is 37.6. The summed E-state index contributed by atoms with van der Waals surface area (Å²) in [5.41, 5.74) is 28.2. The number of nitrogens with one attached hydrogen (secondary N) is 12. The van der Waals surface area contributed by atoms with E-state index in [9.17, 15) is 53.1 Å². The van der Waals surface area contributed by atoms with Gasteiger partial charge in [0.15, 0.2) is 0 Å². The zero-order chi connectivity index (χ0) is 71.8. The largest absolute Gasteiger partial charge is 0.480 e. The molecule has 0 radical (unpaired) electrons. The van der Waals surface area contributed by atoms with Crippen molar-refractivity contribution in [1.29, 1.82) is 0 Å². The lowest BCUT2D eigenvalue weighted by molar-refractivity contribution is -0.142. The topological polar surface area (TPSA) is 451 Å². The highest BCUT2D eigenvalue weighted by Crippen LogP contribution is 2.23. The van der Waals surface area contributed by atoms with E-state index in [0.717, 1.165) is 38.3 Å². The minimum atomic E-state index is -1.39. The van der Waals surface area contributed by atoms with Gasteiger partial charge in [0.25, 0.3) is 0 Å². The van der Waals surface area contributed by atoms with Crippen LogP contribution in [0.4, 0.5) is 0 Å². The van der Waals surface area contributed by atoms with Crippen molar-refractivity contribution in [3.8, 4) is 0 Å². The quantitative estimate of drug-likeness (QED) is 0.0245. The minimum absolute atomic E-state index is 0.0643. The van der Waals surface area contributed by atoms with Crippen molar-refractivity contribution in [2.45, 2.75) is 193 Å². The van der Waals surface area contributed by atoms with Crippen molar-refractivity contribution in [2.24, 2.45) is 46.6 Å². The first-order valence-electron chi connectivity index (χ1n) is 34.2. The molecule has 6 rings (SSSR count). The second-order valence-electron chi connectivity index (χ2n) is 26.7. The maximum atomic E-state index is 15.0. The van der Waals surface area contributed by atoms with Crippen molar-refractivity contribution in [2.75, 3.05) is 19.6 Å². The molecule has 6 aromatic rings.